The zero-order valence-corrected chi connectivity index (χ0v) is 25.1. The van der Waals surface area contributed by atoms with E-state index < -0.39 is 18.7 Å². The van der Waals surface area contributed by atoms with Gasteiger partial charge in [-0.15, -0.1) is 0 Å². The van der Waals surface area contributed by atoms with E-state index in [0.29, 0.717) is 71.9 Å². The Labute approximate surface area is 257 Å². The molecule has 2 aliphatic heterocycles. The van der Waals surface area contributed by atoms with E-state index in [0.717, 1.165) is 5.39 Å². The fourth-order valence-corrected chi connectivity index (χ4v) is 6.12. The molecule has 0 spiro atoms. The maximum Gasteiger partial charge on any atom is 0.319 e. The van der Waals surface area contributed by atoms with Crippen molar-refractivity contribution in [3.63, 3.8) is 0 Å². The van der Waals surface area contributed by atoms with Crippen LogP contribution in [0.3, 0.4) is 0 Å². The summed E-state index contributed by atoms with van der Waals surface area (Å²) in [5.74, 6) is -0.512. The van der Waals surface area contributed by atoms with Gasteiger partial charge in [-0.3, -0.25) is 19.7 Å². The molecule has 6 rings (SSSR count). The van der Waals surface area contributed by atoms with Crippen molar-refractivity contribution in [2.45, 2.75) is 25.6 Å². The molecule has 0 unspecified atom stereocenters. The fraction of sp³-hybridized carbons (Fsp3) is 0.387. The number of likely N-dealkylation sites (tertiary alicyclic amines) is 1. The van der Waals surface area contributed by atoms with Gasteiger partial charge >= 0.3 is 6.01 Å². The molecule has 1 aromatic carbocycles. The number of carbonyl (C=O) groups excluding carboxylic acids is 1. The Morgan fingerprint density at radius 1 is 1.16 bits per heavy atom. The molecule has 4 aromatic rings. The zero-order chi connectivity index (χ0) is 31.0. The molecule has 9 nitrogen and oxygen atoms in total. The number of pyridine rings is 2. The van der Waals surface area contributed by atoms with Crippen LogP contribution in [0.4, 0.5) is 19.0 Å². The van der Waals surface area contributed by atoms with Crippen LogP contribution in [0.5, 0.6) is 6.01 Å². The first-order chi connectivity index (χ1) is 21.2. The number of ether oxygens (including phenoxy) is 1. The lowest BCUT2D eigenvalue weighted by Crippen LogP contribution is -2.49. The standard InChI is InChI=1S/C31H31ClF3N7O2/c1-18(6-7-33)30(43)42-10-8-41(9-11-42)29-23-15-37-27(22-14-36-13-19-4-3-5-24(32)25(19)22)26(35)28(23)38-31(39-29)44-17-21-12-20(34)16-40(21)2/h3-6,13-15,20-21H,7-12,16-17H2,1-2H3/b18-6+/t20-,21+/m1/s1. The van der Waals surface area contributed by atoms with Crippen molar-refractivity contribution in [1.82, 2.24) is 29.7 Å². The molecule has 230 valence electrons. The summed E-state index contributed by atoms with van der Waals surface area (Å²) >= 11 is 6.52. The second-order valence-corrected chi connectivity index (χ2v) is 11.5. The lowest BCUT2D eigenvalue weighted by molar-refractivity contribution is -0.127. The molecular weight excluding hydrogens is 595 g/mol. The van der Waals surface area contributed by atoms with E-state index in [-0.39, 0.29) is 35.8 Å². The molecule has 13 heteroatoms. The summed E-state index contributed by atoms with van der Waals surface area (Å²) in [5.41, 5.74) is 0.793. The number of allylic oxidation sites excluding steroid dienone is 1. The molecule has 5 heterocycles. The lowest BCUT2D eigenvalue weighted by atomic mass is 10.0. The number of likely N-dealkylation sites (N-methyl/N-ethyl adjacent to an activating group) is 1. The molecule has 0 N–H and O–H groups in total. The molecular formula is C31H31ClF3N7O2. The normalized spacial score (nSPS) is 19.7. The number of piperazine rings is 1. The van der Waals surface area contributed by atoms with E-state index >= 15 is 4.39 Å². The predicted octanol–water partition coefficient (Wildman–Crippen LogP) is 5.02. The molecule has 2 saturated heterocycles. The molecule has 0 aliphatic carbocycles. The Kier molecular flexibility index (Phi) is 8.55. The number of fused-ring (bicyclic) bond motifs is 2. The number of carbonyl (C=O) groups is 1. The highest BCUT2D eigenvalue weighted by Crippen LogP contribution is 2.37. The van der Waals surface area contributed by atoms with Gasteiger partial charge in [-0.1, -0.05) is 23.7 Å². The monoisotopic (exact) mass is 625 g/mol. The molecule has 0 bridgehead atoms. The highest BCUT2D eigenvalue weighted by Gasteiger charge is 2.31. The minimum atomic E-state index is -0.948. The molecule has 0 radical (unpaired) electrons. The molecule has 2 aliphatic rings. The van der Waals surface area contributed by atoms with Crippen molar-refractivity contribution in [2.24, 2.45) is 0 Å². The van der Waals surface area contributed by atoms with Crippen LogP contribution in [0.25, 0.3) is 32.9 Å². The first-order valence-corrected chi connectivity index (χ1v) is 14.8. The number of rotatable bonds is 7. The van der Waals surface area contributed by atoms with Gasteiger partial charge in [0.15, 0.2) is 5.82 Å². The Bertz CT molecular complexity index is 1740. The van der Waals surface area contributed by atoms with Crippen LogP contribution >= 0.6 is 11.6 Å². The third-order valence-corrected chi connectivity index (χ3v) is 8.58. The minimum Gasteiger partial charge on any atom is -0.462 e. The highest BCUT2D eigenvalue weighted by molar-refractivity contribution is 6.36. The van der Waals surface area contributed by atoms with Gasteiger partial charge in [0, 0.05) is 84.3 Å². The number of alkyl halides is 2. The van der Waals surface area contributed by atoms with Crippen molar-refractivity contribution in [2.75, 3.05) is 58.0 Å². The van der Waals surface area contributed by atoms with Gasteiger partial charge in [-0.05, 0) is 32.5 Å². The van der Waals surface area contributed by atoms with E-state index in [1.54, 1.807) is 30.2 Å². The van der Waals surface area contributed by atoms with Crippen molar-refractivity contribution < 1.29 is 22.7 Å². The first kappa shape index (κ1) is 30.0. The maximum absolute atomic E-state index is 16.5. The number of aromatic nitrogens is 4. The summed E-state index contributed by atoms with van der Waals surface area (Å²) in [6.45, 7) is 2.82. The van der Waals surface area contributed by atoms with E-state index in [2.05, 4.69) is 19.9 Å². The van der Waals surface area contributed by atoms with Gasteiger partial charge in [-0.25, -0.2) is 13.2 Å². The van der Waals surface area contributed by atoms with E-state index in [4.69, 9.17) is 16.3 Å². The van der Waals surface area contributed by atoms with Crippen LogP contribution in [-0.2, 0) is 4.79 Å². The lowest BCUT2D eigenvalue weighted by Gasteiger charge is -2.36. The Balaban J connectivity index is 1.39. The molecule has 1 amide bonds. The second kappa shape index (κ2) is 12.5. The van der Waals surface area contributed by atoms with Crippen LogP contribution in [0, 0.1) is 5.82 Å². The van der Waals surface area contributed by atoms with E-state index in [1.165, 1.54) is 18.5 Å². The van der Waals surface area contributed by atoms with Gasteiger partial charge in [0.1, 0.15) is 36.5 Å². The molecule has 44 heavy (non-hydrogen) atoms. The van der Waals surface area contributed by atoms with Gasteiger partial charge in [0.05, 0.1) is 5.39 Å². The predicted molar refractivity (Wildman–Crippen MR) is 163 cm³/mol. The van der Waals surface area contributed by atoms with Crippen molar-refractivity contribution in [3.8, 4) is 17.3 Å². The Morgan fingerprint density at radius 2 is 1.95 bits per heavy atom. The Hall–Kier alpha value is -4.03. The van der Waals surface area contributed by atoms with Gasteiger partial charge < -0.3 is 14.5 Å². The zero-order valence-electron chi connectivity index (χ0n) is 24.3. The van der Waals surface area contributed by atoms with Crippen LogP contribution in [0.1, 0.15) is 13.3 Å². The summed E-state index contributed by atoms with van der Waals surface area (Å²) in [4.78, 5) is 36.0. The van der Waals surface area contributed by atoms with Crippen LogP contribution in [-0.4, -0.2) is 101 Å². The summed E-state index contributed by atoms with van der Waals surface area (Å²) < 4.78 is 49.2. The highest BCUT2D eigenvalue weighted by atomic mass is 35.5. The van der Waals surface area contributed by atoms with E-state index in [1.807, 2.05) is 22.9 Å². The molecule has 2 atom stereocenters. The largest absolute Gasteiger partial charge is 0.462 e. The third kappa shape index (κ3) is 5.75. The fourth-order valence-electron chi connectivity index (χ4n) is 5.83. The average Bonchev–Trinajstić information content (AvgIpc) is 3.36. The smallest absolute Gasteiger partial charge is 0.319 e. The number of hydrogen-bond donors (Lipinski definition) is 0. The van der Waals surface area contributed by atoms with Gasteiger partial charge in [0.25, 0.3) is 0 Å². The van der Waals surface area contributed by atoms with Crippen LogP contribution < -0.4 is 9.64 Å². The average molecular weight is 626 g/mol. The van der Waals surface area contributed by atoms with Crippen molar-refractivity contribution in [1.29, 1.82) is 0 Å². The van der Waals surface area contributed by atoms with Crippen molar-refractivity contribution in [3.05, 3.63) is 59.3 Å². The quantitative estimate of drug-likeness (QED) is 0.265. The first-order valence-electron chi connectivity index (χ1n) is 14.4. The van der Waals surface area contributed by atoms with Crippen LogP contribution in [0.15, 0.2) is 48.4 Å². The van der Waals surface area contributed by atoms with Gasteiger partial charge in [0.2, 0.25) is 5.91 Å². The SMILES string of the molecule is C/C(=C\CF)C(=O)N1CCN(c2nc(OC[C@@H]3C[C@@H](F)CN3C)nc3c(F)c(-c4cncc5cccc(Cl)c45)ncc23)CC1. The Morgan fingerprint density at radius 3 is 2.68 bits per heavy atom. The van der Waals surface area contributed by atoms with E-state index in [9.17, 15) is 13.6 Å². The van der Waals surface area contributed by atoms with Crippen LogP contribution in [0.2, 0.25) is 5.02 Å². The summed E-state index contributed by atoms with van der Waals surface area (Å²) in [5, 5.41) is 2.15. The molecule has 3 aromatic heterocycles. The third-order valence-electron chi connectivity index (χ3n) is 8.26. The number of benzene rings is 1. The second-order valence-electron chi connectivity index (χ2n) is 11.1. The summed E-state index contributed by atoms with van der Waals surface area (Å²) in [7, 11) is 1.83. The minimum absolute atomic E-state index is 0.00225. The van der Waals surface area contributed by atoms with Crippen molar-refractivity contribution >= 4 is 45.0 Å². The number of amides is 1. The maximum atomic E-state index is 16.5. The topological polar surface area (TPSA) is 87.6 Å². The van der Waals surface area contributed by atoms with Gasteiger partial charge in [-0.2, -0.15) is 9.97 Å². The molecule has 0 saturated carbocycles. The number of hydrogen-bond acceptors (Lipinski definition) is 8. The molecule has 2 fully saturated rings. The number of halogens is 4. The number of anilines is 1. The summed E-state index contributed by atoms with van der Waals surface area (Å²) in [6.07, 6.45) is 5.32. The summed E-state index contributed by atoms with van der Waals surface area (Å²) in [6, 6.07) is 5.13. The number of nitrogens with zero attached hydrogens (tertiary/aromatic N) is 7.